The van der Waals surface area contributed by atoms with Crippen molar-refractivity contribution in [2.45, 2.75) is 39.7 Å². The Kier molecular flexibility index (Phi) is 6.99. The number of nitrogens with one attached hydrogen (secondary N) is 1. The summed E-state index contributed by atoms with van der Waals surface area (Å²) in [5.41, 5.74) is -0.0433. The van der Waals surface area contributed by atoms with Crippen LogP contribution in [0.1, 0.15) is 33.6 Å². The van der Waals surface area contributed by atoms with E-state index in [0.29, 0.717) is 17.3 Å². The van der Waals surface area contributed by atoms with Gasteiger partial charge in [-0.1, -0.05) is 25.4 Å². The van der Waals surface area contributed by atoms with E-state index < -0.39 is 6.10 Å². The number of hydrogen-bond donors (Lipinski definition) is 2. The van der Waals surface area contributed by atoms with Crippen molar-refractivity contribution >= 4 is 17.5 Å². The smallest absolute Gasteiger partial charge is 0.260 e. The molecule has 0 bridgehead atoms. The van der Waals surface area contributed by atoms with Crippen molar-refractivity contribution in [3.05, 3.63) is 29.3 Å². The van der Waals surface area contributed by atoms with Crippen LogP contribution in [0.5, 0.6) is 5.75 Å². The second kappa shape index (κ2) is 8.25. The summed E-state index contributed by atoms with van der Waals surface area (Å²) in [6.07, 6.45) is 1.02. The van der Waals surface area contributed by atoms with Crippen LogP contribution in [-0.2, 0) is 4.79 Å². The molecule has 0 aromatic heterocycles. The second-order valence-electron chi connectivity index (χ2n) is 5.92. The van der Waals surface area contributed by atoms with E-state index in [1.54, 1.807) is 31.2 Å². The zero-order valence-electron chi connectivity index (χ0n) is 12.9. The molecule has 2 N–H and O–H groups in total. The first-order valence-corrected chi connectivity index (χ1v) is 7.53. The molecule has 4 nitrogen and oxygen atoms in total. The summed E-state index contributed by atoms with van der Waals surface area (Å²) in [5, 5.41) is 12.4. The van der Waals surface area contributed by atoms with Gasteiger partial charge in [-0.25, -0.2) is 0 Å². The van der Waals surface area contributed by atoms with Crippen LogP contribution in [0.25, 0.3) is 0 Å². The van der Waals surface area contributed by atoms with Crippen LogP contribution in [-0.4, -0.2) is 30.3 Å². The van der Waals surface area contributed by atoms with Gasteiger partial charge in [0.05, 0.1) is 0 Å². The van der Waals surface area contributed by atoms with Gasteiger partial charge in [0.2, 0.25) is 0 Å². The van der Waals surface area contributed by atoms with E-state index in [0.717, 1.165) is 12.8 Å². The molecule has 1 amide bonds. The number of carbonyl (C=O) groups excluding carboxylic acids is 1. The minimum absolute atomic E-state index is 0.0433. The molecule has 0 spiro atoms. The quantitative estimate of drug-likeness (QED) is 0.775. The average molecular weight is 314 g/mol. The predicted octanol–water partition coefficient (Wildman–Crippen LogP) is 3.02. The van der Waals surface area contributed by atoms with Gasteiger partial charge in [-0.05, 0) is 49.4 Å². The SMILES string of the molecule is CC(Oc1ccc(Cl)cc1)C(=O)NCC(C)(C)CCCO. The highest BCUT2D eigenvalue weighted by molar-refractivity contribution is 6.30. The Balaban J connectivity index is 2.42. The monoisotopic (exact) mass is 313 g/mol. The first kappa shape index (κ1) is 17.8. The molecule has 0 saturated carbocycles. The maximum atomic E-state index is 12.0. The maximum absolute atomic E-state index is 12.0. The first-order chi connectivity index (χ1) is 9.84. The fourth-order valence-electron chi connectivity index (χ4n) is 1.89. The van der Waals surface area contributed by atoms with Crippen molar-refractivity contribution in [3.8, 4) is 5.75 Å². The molecule has 0 aliphatic rings. The van der Waals surface area contributed by atoms with Gasteiger partial charge in [0.15, 0.2) is 6.10 Å². The highest BCUT2D eigenvalue weighted by atomic mass is 35.5. The molecule has 0 aliphatic carbocycles. The number of rotatable bonds is 8. The van der Waals surface area contributed by atoms with Gasteiger partial charge in [0, 0.05) is 18.2 Å². The highest BCUT2D eigenvalue weighted by Gasteiger charge is 2.21. The molecule has 0 aliphatic heterocycles. The minimum atomic E-state index is -0.570. The summed E-state index contributed by atoms with van der Waals surface area (Å²) in [7, 11) is 0. The van der Waals surface area contributed by atoms with E-state index in [9.17, 15) is 4.79 Å². The fraction of sp³-hybridized carbons (Fsp3) is 0.562. The summed E-state index contributed by atoms with van der Waals surface area (Å²) < 4.78 is 5.57. The summed E-state index contributed by atoms with van der Waals surface area (Å²) in [6, 6.07) is 6.91. The van der Waals surface area contributed by atoms with Gasteiger partial charge in [-0.3, -0.25) is 4.79 Å². The number of ether oxygens (including phenoxy) is 1. The van der Waals surface area contributed by atoms with E-state index in [2.05, 4.69) is 19.2 Å². The standard InChI is InChI=1S/C16H24ClNO3/c1-12(21-14-7-5-13(17)6-8-14)15(20)18-11-16(2,3)9-4-10-19/h5-8,12,19H,4,9-11H2,1-3H3,(H,18,20). The third-order valence-electron chi connectivity index (χ3n) is 3.25. The van der Waals surface area contributed by atoms with Gasteiger partial charge in [-0.2, -0.15) is 0 Å². The largest absolute Gasteiger partial charge is 0.481 e. The lowest BCUT2D eigenvalue weighted by Gasteiger charge is -2.25. The Morgan fingerprint density at radius 1 is 1.38 bits per heavy atom. The first-order valence-electron chi connectivity index (χ1n) is 7.15. The Hall–Kier alpha value is -1.26. The van der Waals surface area contributed by atoms with Crippen LogP contribution < -0.4 is 10.1 Å². The predicted molar refractivity (Wildman–Crippen MR) is 84.7 cm³/mol. The summed E-state index contributed by atoms with van der Waals surface area (Å²) in [6.45, 7) is 6.57. The van der Waals surface area contributed by atoms with E-state index in [4.69, 9.17) is 21.4 Å². The Labute approximate surface area is 131 Å². The van der Waals surface area contributed by atoms with Crippen molar-refractivity contribution < 1.29 is 14.6 Å². The minimum Gasteiger partial charge on any atom is -0.481 e. The zero-order valence-corrected chi connectivity index (χ0v) is 13.6. The summed E-state index contributed by atoms with van der Waals surface area (Å²) in [5.74, 6) is 0.462. The lowest BCUT2D eigenvalue weighted by atomic mass is 9.88. The molecule has 0 heterocycles. The molecule has 5 heteroatoms. The summed E-state index contributed by atoms with van der Waals surface area (Å²) in [4.78, 5) is 12.0. The van der Waals surface area contributed by atoms with E-state index in [-0.39, 0.29) is 17.9 Å². The van der Waals surface area contributed by atoms with E-state index >= 15 is 0 Å². The molecule has 1 rings (SSSR count). The third-order valence-corrected chi connectivity index (χ3v) is 3.50. The van der Waals surface area contributed by atoms with E-state index in [1.165, 1.54) is 0 Å². The Morgan fingerprint density at radius 3 is 2.57 bits per heavy atom. The topological polar surface area (TPSA) is 58.6 Å². The van der Waals surface area contributed by atoms with Crippen molar-refractivity contribution in [2.75, 3.05) is 13.2 Å². The molecular weight excluding hydrogens is 290 g/mol. The molecule has 1 unspecified atom stereocenters. The number of hydrogen-bond acceptors (Lipinski definition) is 3. The van der Waals surface area contributed by atoms with Gasteiger partial charge < -0.3 is 15.2 Å². The normalized spacial score (nSPS) is 12.8. The van der Waals surface area contributed by atoms with Gasteiger partial charge in [0.1, 0.15) is 5.75 Å². The molecule has 0 radical (unpaired) electrons. The van der Waals surface area contributed by atoms with Gasteiger partial charge in [0.25, 0.3) is 5.91 Å². The number of halogens is 1. The maximum Gasteiger partial charge on any atom is 0.260 e. The Morgan fingerprint density at radius 2 is 2.00 bits per heavy atom. The lowest BCUT2D eigenvalue weighted by Crippen LogP contribution is -2.41. The van der Waals surface area contributed by atoms with Crippen LogP contribution in [0.15, 0.2) is 24.3 Å². The van der Waals surface area contributed by atoms with Crippen molar-refractivity contribution in [1.82, 2.24) is 5.32 Å². The van der Waals surface area contributed by atoms with Crippen LogP contribution >= 0.6 is 11.6 Å². The zero-order chi connectivity index (χ0) is 15.9. The number of benzene rings is 1. The molecule has 1 aromatic rings. The fourth-order valence-corrected chi connectivity index (χ4v) is 2.01. The molecule has 1 atom stereocenters. The number of amides is 1. The van der Waals surface area contributed by atoms with Crippen molar-refractivity contribution in [2.24, 2.45) is 5.41 Å². The number of aliphatic hydroxyl groups is 1. The highest BCUT2D eigenvalue weighted by Crippen LogP contribution is 2.21. The van der Waals surface area contributed by atoms with Crippen molar-refractivity contribution in [1.29, 1.82) is 0 Å². The molecule has 21 heavy (non-hydrogen) atoms. The average Bonchev–Trinajstić information content (AvgIpc) is 2.45. The third kappa shape index (κ3) is 6.82. The van der Waals surface area contributed by atoms with Gasteiger partial charge in [-0.15, -0.1) is 0 Å². The second-order valence-corrected chi connectivity index (χ2v) is 6.36. The molecule has 118 valence electrons. The van der Waals surface area contributed by atoms with Crippen LogP contribution in [0, 0.1) is 5.41 Å². The van der Waals surface area contributed by atoms with E-state index in [1.807, 2.05) is 0 Å². The van der Waals surface area contributed by atoms with Crippen LogP contribution in [0.3, 0.4) is 0 Å². The van der Waals surface area contributed by atoms with Crippen LogP contribution in [0.2, 0.25) is 5.02 Å². The Bertz CT molecular complexity index is 445. The lowest BCUT2D eigenvalue weighted by molar-refractivity contribution is -0.127. The van der Waals surface area contributed by atoms with Crippen molar-refractivity contribution in [3.63, 3.8) is 0 Å². The van der Waals surface area contributed by atoms with Crippen LogP contribution in [0.4, 0.5) is 0 Å². The molecular formula is C16H24ClNO3. The molecule has 0 saturated heterocycles. The molecule has 1 aromatic carbocycles. The molecule has 0 fully saturated rings. The number of aliphatic hydroxyl groups excluding tert-OH is 1. The summed E-state index contributed by atoms with van der Waals surface area (Å²) >= 11 is 5.80. The number of carbonyl (C=O) groups is 1. The van der Waals surface area contributed by atoms with Gasteiger partial charge >= 0.3 is 0 Å².